The minimum absolute atomic E-state index is 0.190. The van der Waals surface area contributed by atoms with Gasteiger partial charge in [-0.15, -0.1) is 0 Å². The Kier molecular flexibility index (Phi) is 5.11. The molecular weight excluding hydrogens is 343 g/mol. The number of hydrogen-bond donors (Lipinski definition) is 0. The Hall–Kier alpha value is -2.41. The van der Waals surface area contributed by atoms with Crippen molar-refractivity contribution in [2.24, 2.45) is 0 Å². The predicted octanol–water partition coefficient (Wildman–Crippen LogP) is 2.00. The lowest BCUT2D eigenvalue weighted by Crippen LogP contribution is -2.47. The number of likely N-dealkylation sites (N-methyl/N-ethyl adjacent to an activating group) is 1. The monoisotopic (exact) mass is 370 g/mol. The smallest absolute Gasteiger partial charge is 0.134 e. The van der Waals surface area contributed by atoms with Gasteiger partial charge in [-0.2, -0.15) is 0 Å². The molecule has 0 aliphatic carbocycles. The molecule has 1 aromatic heterocycles. The lowest BCUT2D eigenvalue weighted by molar-refractivity contribution is 0.312. The normalized spacial score (nSPS) is 18.9. The van der Waals surface area contributed by atoms with Crippen molar-refractivity contribution in [2.45, 2.75) is 6.92 Å². The first kappa shape index (κ1) is 18.0. The van der Waals surface area contributed by atoms with Crippen LogP contribution in [0.2, 0.25) is 0 Å². The third-order valence-electron chi connectivity index (χ3n) is 5.43. The van der Waals surface area contributed by atoms with Gasteiger partial charge in [0.15, 0.2) is 0 Å². The zero-order chi connectivity index (χ0) is 18.8. The zero-order valence-electron chi connectivity index (χ0n) is 16.1. The fourth-order valence-corrected chi connectivity index (χ4v) is 3.74. The van der Waals surface area contributed by atoms with E-state index >= 15 is 0 Å². The maximum absolute atomic E-state index is 13.1. The van der Waals surface area contributed by atoms with E-state index in [1.807, 2.05) is 19.1 Å². The average Bonchev–Trinajstić information content (AvgIpc) is 2.69. The number of hydrogen-bond acceptors (Lipinski definition) is 6. The number of aromatic nitrogens is 2. The number of anilines is 3. The van der Waals surface area contributed by atoms with Crippen LogP contribution in [0.3, 0.4) is 0 Å². The Balaban J connectivity index is 1.44. The van der Waals surface area contributed by atoms with E-state index in [0.29, 0.717) is 0 Å². The summed E-state index contributed by atoms with van der Waals surface area (Å²) < 4.78 is 13.1. The molecule has 0 radical (unpaired) electrons. The fraction of sp³-hybridized carbons (Fsp3) is 0.500. The lowest BCUT2D eigenvalue weighted by Gasteiger charge is -2.37. The third-order valence-corrected chi connectivity index (χ3v) is 5.43. The lowest BCUT2D eigenvalue weighted by atomic mass is 10.2. The van der Waals surface area contributed by atoms with Crippen LogP contribution in [0.4, 0.5) is 21.7 Å². The molecule has 4 rings (SSSR count). The molecule has 2 aliphatic heterocycles. The summed E-state index contributed by atoms with van der Waals surface area (Å²) in [5.41, 5.74) is 1.08. The van der Waals surface area contributed by atoms with Crippen molar-refractivity contribution < 1.29 is 4.39 Å². The highest BCUT2D eigenvalue weighted by Crippen LogP contribution is 2.23. The Morgan fingerprint density at radius 1 is 0.741 bits per heavy atom. The van der Waals surface area contributed by atoms with E-state index in [-0.39, 0.29) is 5.82 Å². The van der Waals surface area contributed by atoms with Crippen molar-refractivity contribution in [2.75, 3.05) is 74.1 Å². The summed E-state index contributed by atoms with van der Waals surface area (Å²) in [5, 5.41) is 0. The molecule has 0 amide bonds. The molecule has 27 heavy (non-hydrogen) atoms. The molecule has 2 aliphatic rings. The van der Waals surface area contributed by atoms with Crippen LogP contribution in [-0.2, 0) is 0 Å². The SMILES string of the molecule is Cc1nc(N2CCN(C)CC2)cc(N2CCN(c3ccc(F)cc3)CC2)n1. The first-order valence-electron chi connectivity index (χ1n) is 9.63. The van der Waals surface area contributed by atoms with Crippen LogP contribution in [0.1, 0.15) is 5.82 Å². The maximum atomic E-state index is 13.1. The summed E-state index contributed by atoms with van der Waals surface area (Å²) in [6, 6.07) is 8.89. The second kappa shape index (κ2) is 7.68. The Morgan fingerprint density at radius 2 is 1.22 bits per heavy atom. The van der Waals surface area contributed by atoms with Gasteiger partial charge < -0.3 is 19.6 Å². The number of rotatable bonds is 3. The fourth-order valence-electron chi connectivity index (χ4n) is 3.74. The van der Waals surface area contributed by atoms with Crippen molar-refractivity contribution in [3.05, 3.63) is 42.0 Å². The quantitative estimate of drug-likeness (QED) is 0.823. The molecule has 2 saturated heterocycles. The molecular formula is C20H27FN6. The standard InChI is InChI=1S/C20H27FN6/c1-16-22-19(26-9-7-24(2)8-10-26)15-20(23-16)27-13-11-25(12-14-27)18-5-3-17(21)4-6-18/h3-6,15H,7-14H2,1-2H3. The van der Waals surface area contributed by atoms with Gasteiger partial charge >= 0.3 is 0 Å². The van der Waals surface area contributed by atoms with E-state index in [2.05, 4.69) is 42.7 Å². The number of piperazine rings is 2. The second-order valence-corrected chi connectivity index (χ2v) is 7.37. The van der Waals surface area contributed by atoms with Crippen LogP contribution in [0.15, 0.2) is 30.3 Å². The Morgan fingerprint density at radius 3 is 1.78 bits per heavy atom. The molecule has 6 nitrogen and oxygen atoms in total. The summed E-state index contributed by atoms with van der Waals surface area (Å²) in [6.45, 7) is 9.71. The molecule has 144 valence electrons. The van der Waals surface area contributed by atoms with Crippen molar-refractivity contribution in [1.29, 1.82) is 0 Å². The first-order chi connectivity index (χ1) is 13.1. The molecule has 3 heterocycles. The van der Waals surface area contributed by atoms with Crippen LogP contribution in [-0.4, -0.2) is 74.3 Å². The number of benzene rings is 1. The van der Waals surface area contributed by atoms with Gasteiger partial charge in [-0.25, -0.2) is 14.4 Å². The largest absolute Gasteiger partial charge is 0.368 e. The molecule has 7 heteroatoms. The van der Waals surface area contributed by atoms with Gasteiger partial charge in [0, 0.05) is 64.1 Å². The molecule has 0 bridgehead atoms. The highest BCUT2D eigenvalue weighted by molar-refractivity contribution is 5.54. The summed E-state index contributed by atoms with van der Waals surface area (Å²) in [6.07, 6.45) is 0. The van der Waals surface area contributed by atoms with E-state index in [1.165, 1.54) is 12.1 Å². The molecule has 0 atom stereocenters. The van der Waals surface area contributed by atoms with Crippen LogP contribution in [0.5, 0.6) is 0 Å². The molecule has 0 saturated carbocycles. The van der Waals surface area contributed by atoms with Crippen molar-refractivity contribution in [3.8, 4) is 0 Å². The first-order valence-corrected chi connectivity index (χ1v) is 9.63. The van der Waals surface area contributed by atoms with Crippen molar-refractivity contribution in [1.82, 2.24) is 14.9 Å². The minimum atomic E-state index is -0.190. The molecule has 0 N–H and O–H groups in total. The van der Waals surface area contributed by atoms with E-state index in [1.54, 1.807) is 0 Å². The summed E-state index contributed by atoms with van der Waals surface area (Å²) in [5.74, 6) is 2.68. The number of nitrogens with zero attached hydrogens (tertiary/aromatic N) is 6. The highest BCUT2D eigenvalue weighted by atomic mass is 19.1. The maximum Gasteiger partial charge on any atom is 0.134 e. The minimum Gasteiger partial charge on any atom is -0.368 e. The van der Waals surface area contributed by atoms with Gasteiger partial charge in [-0.3, -0.25) is 0 Å². The van der Waals surface area contributed by atoms with E-state index in [9.17, 15) is 4.39 Å². The van der Waals surface area contributed by atoms with Crippen LogP contribution >= 0.6 is 0 Å². The summed E-state index contributed by atoms with van der Waals surface area (Å²) in [4.78, 5) is 18.7. The highest BCUT2D eigenvalue weighted by Gasteiger charge is 2.21. The van der Waals surface area contributed by atoms with Gasteiger partial charge in [0.1, 0.15) is 23.3 Å². The zero-order valence-corrected chi connectivity index (χ0v) is 16.1. The summed E-state index contributed by atoms with van der Waals surface area (Å²) >= 11 is 0. The molecule has 0 spiro atoms. The van der Waals surface area contributed by atoms with Crippen molar-refractivity contribution in [3.63, 3.8) is 0 Å². The van der Waals surface area contributed by atoms with Gasteiger partial charge in [0.05, 0.1) is 0 Å². The Bertz CT molecular complexity index is 765. The second-order valence-electron chi connectivity index (χ2n) is 7.37. The van der Waals surface area contributed by atoms with E-state index in [4.69, 9.17) is 0 Å². The number of aryl methyl sites for hydroxylation is 1. The predicted molar refractivity (Wildman–Crippen MR) is 107 cm³/mol. The van der Waals surface area contributed by atoms with Crippen molar-refractivity contribution >= 4 is 17.3 Å². The molecule has 2 fully saturated rings. The van der Waals surface area contributed by atoms with Crippen LogP contribution < -0.4 is 14.7 Å². The van der Waals surface area contributed by atoms with E-state index in [0.717, 1.165) is 75.5 Å². The average molecular weight is 370 g/mol. The molecule has 2 aromatic rings. The topological polar surface area (TPSA) is 38.7 Å². The van der Waals surface area contributed by atoms with Gasteiger partial charge in [-0.05, 0) is 38.2 Å². The number of halogens is 1. The molecule has 0 unspecified atom stereocenters. The summed E-state index contributed by atoms with van der Waals surface area (Å²) in [7, 11) is 2.16. The Labute approximate surface area is 160 Å². The van der Waals surface area contributed by atoms with Crippen LogP contribution in [0, 0.1) is 12.7 Å². The molecule has 1 aromatic carbocycles. The van der Waals surface area contributed by atoms with Crippen LogP contribution in [0.25, 0.3) is 0 Å². The van der Waals surface area contributed by atoms with Gasteiger partial charge in [-0.1, -0.05) is 0 Å². The van der Waals surface area contributed by atoms with Gasteiger partial charge in [0.25, 0.3) is 0 Å². The van der Waals surface area contributed by atoms with E-state index < -0.39 is 0 Å². The third kappa shape index (κ3) is 4.13. The van der Waals surface area contributed by atoms with Gasteiger partial charge in [0.2, 0.25) is 0 Å².